The molecule has 0 amide bonds. The lowest BCUT2D eigenvalue weighted by Gasteiger charge is -2.08. The first-order chi connectivity index (χ1) is 9.10. The molecular weight excluding hydrogens is 292 g/mol. The third kappa shape index (κ3) is 3.45. The topological polar surface area (TPSA) is 47.0 Å². The molecule has 0 spiro atoms. The number of aromatic nitrogens is 2. The van der Waals surface area contributed by atoms with Gasteiger partial charge in [0.2, 0.25) is 11.8 Å². The van der Waals surface area contributed by atoms with E-state index in [1.807, 2.05) is 6.92 Å². The summed E-state index contributed by atoms with van der Waals surface area (Å²) in [5.74, 6) is 0.399. The molecule has 0 aliphatic rings. The lowest BCUT2D eigenvalue weighted by atomic mass is 10.3. The standard InChI is InChI=1S/C12H10Cl2FN3O/c1-2-16-12-17-6-9(14)11(18-12)19-7-3-4-10(15)8(13)5-7/h3-6H,2H2,1H3,(H,16,17,18). The van der Waals surface area contributed by atoms with Crippen LogP contribution in [0.25, 0.3) is 0 Å². The number of hydrogen-bond donors (Lipinski definition) is 1. The molecule has 1 N–H and O–H groups in total. The summed E-state index contributed by atoms with van der Waals surface area (Å²) >= 11 is 11.6. The van der Waals surface area contributed by atoms with Crippen LogP contribution in [0.1, 0.15) is 6.92 Å². The van der Waals surface area contributed by atoms with Crippen molar-refractivity contribution in [3.8, 4) is 11.6 Å². The number of anilines is 1. The average Bonchev–Trinajstić information content (AvgIpc) is 2.38. The summed E-state index contributed by atoms with van der Waals surface area (Å²) in [4.78, 5) is 8.08. The van der Waals surface area contributed by atoms with Gasteiger partial charge in [0, 0.05) is 12.6 Å². The van der Waals surface area contributed by atoms with E-state index in [0.29, 0.717) is 18.2 Å². The summed E-state index contributed by atoms with van der Waals surface area (Å²) in [5.41, 5.74) is 0. The van der Waals surface area contributed by atoms with E-state index in [-0.39, 0.29) is 15.9 Å². The van der Waals surface area contributed by atoms with Gasteiger partial charge in [0.05, 0.1) is 11.2 Å². The average molecular weight is 302 g/mol. The van der Waals surface area contributed by atoms with E-state index in [1.165, 1.54) is 24.4 Å². The minimum Gasteiger partial charge on any atom is -0.437 e. The van der Waals surface area contributed by atoms with E-state index in [9.17, 15) is 4.39 Å². The number of nitrogens with zero attached hydrogens (tertiary/aromatic N) is 2. The van der Waals surface area contributed by atoms with Crippen molar-refractivity contribution < 1.29 is 9.13 Å². The van der Waals surface area contributed by atoms with Crippen molar-refractivity contribution in [1.29, 1.82) is 0 Å². The molecule has 100 valence electrons. The second-order valence-electron chi connectivity index (χ2n) is 3.56. The Balaban J connectivity index is 2.26. The maximum absolute atomic E-state index is 13.0. The van der Waals surface area contributed by atoms with Crippen molar-refractivity contribution >= 4 is 29.2 Å². The van der Waals surface area contributed by atoms with Gasteiger partial charge in [-0.05, 0) is 19.1 Å². The molecule has 0 atom stereocenters. The zero-order valence-corrected chi connectivity index (χ0v) is 11.5. The number of rotatable bonds is 4. The summed E-state index contributed by atoms with van der Waals surface area (Å²) < 4.78 is 18.5. The van der Waals surface area contributed by atoms with Crippen molar-refractivity contribution in [2.75, 3.05) is 11.9 Å². The fourth-order valence-corrected chi connectivity index (χ4v) is 1.62. The quantitative estimate of drug-likeness (QED) is 0.921. The van der Waals surface area contributed by atoms with E-state index < -0.39 is 5.82 Å². The predicted molar refractivity (Wildman–Crippen MR) is 72.7 cm³/mol. The predicted octanol–water partition coefficient (Wildman–Crippen LogP) is 4.15. The normalized spacial score (nSPS) is 10.3. The van der Waals surface area contributed by atoms with E-state index in [1.54, 1.807) is 0 Å². The number of halogens is 3. The third-order valence-electron chi connectivity index (χ3n) is 2.15. The van der Waals surface area contributed by atoms with Crippen molar-refractivity contribution in [2.24, 2.45) is 0 Å². The second kappa shape index (κ2) is 6.04. The van der Waals surface area contributed by atoms with Gasteiger partial charge in [0.15, 0.2) is 0 Å². The van der Waals surface area contributed by atoms with Crippen molar-refractivity contribution in [2.45, 2.75) is 6.92 Å². The Bertz CT molecular complexity index is 595. The van der Waals surface area contributed by atoms with Crippen LogP contribution in [0.4, 0.5) is 10.3 Å². The van der Waals surface area contributed by atoms with Crippen LogP contribution >= 0.6 is 23.2 Å². The lowest BCUT2D eigenvalue weighted by molar-refractivity contribution is 0.461. The van der Waals surface area contributed by atoms with Crippen LogP contribution in [0.15, 0.2) is 24.4 Å². The van der Waals surface area contributed by atoms with E-state index in [0.717, 1.165) is 0 Å². The highest BCUT2D eigenvalue weighted by atomic mass is 35.5. The minimum absolute atomic E-state index is 0.0328. The minimum atomic E-state index is -0.517. The molecule has 2 aromatic rings. The molecule has 0 aliphatic carbocycles. The van der Waals surface area contributed by atoms with Crippen LogP contribution in [-0.4, -0.2) is 16.5 Å². The van der Waals surface area contributed by atoms with Gasteiger partial charge in [0.25, 0.3) is 0 Å². The smallest absolute Gasteiger partial charge is 0.243 e. The molecule has 0 saturated heterocycles. The van der Waals surface area contributed by atoms with Gasteiger partial charge in [-0.25, -0.2) is 9.37 Å². The molecule has 2 rings (SSSR count). The van der Waals surface area contributed by atoms with Crippen LogP contribution in [0.5, 0.6) is 11.6 Å². The van der Waals surface area contributed by atoms with Gasteiger partial charge in [-0.15, -0.1) is 0 Å². The summed E-state index contributed by atoms with van der Waals surface area (Å²) in [7, 11) is 0. The molecular formula is C12H10Cl2FN3O. The monoisotopic (exact) mass is 301 g/mol. The number of nitrogens with one attached hydrogen (secondary N) is 1. The number of hydrogen-bond acceptors (Lipinski definition) is 4. The van der Waals surface area contributed by atoms with Crippen LogP contribution in [-0.2, 0) is 0 Å². The van der Waals surface area contributed by atoms with Gasteiger partial charge in [-0.3, -0.25) is 0 Å². The van der Waals surface area contributed by atoms with Crippen LogP contribution in [0, 0.1) is 5.82 Å². The Hall–Kier alpha value is -1.59. The maximum atomic E-state index is 13.0. The van der Waals surface area contributed by atoms with Crippen LogP contribution in [0.2, 0.25) is 10.0 Å². The Morgan fingerprint density at radius 2 is 2.11 bits per heavy atom. The highest BCUT2D eigenvalue weighted by Crippen LogP contribution is 2.29. The Kier molecular flexibility index (Phi) is 4.39. The molecule has 4 nitrogen and oxygen atoms in total. The Labute approximate surface area is 119 Å². The molecule has 0 bridgehead atoms. The van der Waals surface area contributed by atoms with E-state index >= 15 is 0 Å². The fourth-order valence-electron chi connectivity index (χ4n) is 1.32. The molecule has 0 unspecified atom stereocenters. The molecule has 1 aromatic heterocycles. The largest absolute Gasteiger partial charge is 0.437 e. The maximum Gasteiger partial charge on any atom is 0.243 e. The molecule has 0 aliphatic heterocycles. The van der Waals surface area contributed by atoms with Crippen molar-refractivity contribution in [3.05, 3.63) is 40.3 Å². The summed E-state index contributed by atoms with van der Waals surface area (Å²) in [6.07, 6.45) is 1.42. The third-order valence-corrected chi connectivity index (χ3v) is 2.70. The van der Waals surface area contributed by atoms with Gasteiger partial charge >= 0.3 is 0 Å². The number of benzene rings is 1. The number of ether oxygens (including phenoxy) is 1. The first kappa shape index (κ1) is 13.8. The zero-order chi connectivity index (χ0) is 13.8. The molecule has 0 radical (unpaired) electrons. The fraction of sp³-hybridized carbons (Fsp3) is 0.167. The second-order valence-corrected chi connectivity index (χ2v) is 4.37. The van der Waals surface area contributed by atoms with E-state index in [2.05, 4.69) is 15.3 Å². The Morgan fingerprint density at radius 3 is 2.79 bits per heavy atom. The molecule has 19 heavy (non-hydrogen) atoms. The first-order valence-electron chi connectivity index (χ1n) is 5.49. The van der Waals surface area contributed by atoms with Gasteiger partial charge in [-0.2, -0.15) is 4.98 Å². The first-order valence-corrected chi connectivity index (χ1v) is 6.25. The van der Waals surface area contributed by atoms with Crippen molar-refractivity contribution in [3.63, 3.8) is 0 Å². The summed E-state index contributed by atoms with van der Waals surface area (Å²) in [5, 5.41) is 3.15. The highest BCUT2D eigenvalue weighted by molar-refractivity contribution is 6.31. The van der Waals surface area contributed by atoms with E-state index in [4.69, 9.17) is 27.9 Å². The molecule has 7 heteroatoms. The Morgan fingerprint density at radius 1 is 1.32 bits per heavy atom. The zero-order valence-electron chi connectivity index (χ0n) is 9.95. The summed E-state index contributed by atoms with van der Waals surface area (Å²) in [6, 6.07) is 3.99. The van der Waals surface area contributed by atoms with Crippen LogP contribution in [0.3, 0.4) is 0 Å². The van der Waals surface area contributed by atoms with Gasteiger partial charge in [0.1, 0.15) is 16.6 Å². The molecule has 1 heterocycles. The molecule has 0 saturated carbocycles. The lowest BCUT2D eigenvalue weighted by Crippen LogP contribution is -2.02. The molecule has 1 aromatic carbocycles. The van der Waals surface area contributed by atoms with Gasteiger partial charge in [-0.1, -0.05) is 23.2 Å². The van der Waals surface area contributed by atoms with Crippen LogP contribution < -0.4 is 10.1 Å². The highest BCUT2D eigenvalue weighted by Gasteiger charge is 2.09. The SMILES string of the molecule is CCNc1ncc(Cl)c(Oc2ccc(F)c(Cl)c2)n1. The summed E-state index contributed by atoms with van der Waals surface area (Å²) in [6.45, 7) is 2.59. The van der Waals surface area contributed by atoms with Gasteiger partial charge < -0.3 is 10.1 Å². The molecule has 0 fully saturated rings. The van der Waals surface area contributed by atoms with Crippen molar-refractivity contribution in [1.82, 2.24) is 9.97 Å².